The van der Waals surface area contributed by atoms with Crippen molar-refractivity contribution in [3.05, 3.63) is 11.6 Å². The van der Waals surface area contributed by atoms with Crippen molar-refractivity contribution in [1.82, 2.24) is 0 Å². The van der Waals surface area contributed by atoms with E-state index in [1.54, 1.807) is 0 Å². The zero-order valence-electron chi connectivity index (χ0n) is 16.0. The fourth-order valence-corrected chi connectivity index (χ4v) is 5.69. The molecule has 0 radical (unpaired) electrons. The van der Waals surface area contributed by atoms with Crippen molar-refractivity contribution in [2.75, 3.05) is 0 Å². The van der Waals surface area contributed by atoms with Crippen molar-refractivity contribution in [3.8, 4) is 0 Å². The Morgan fingerprint density at radius 3 is 2.29 bits per heavy atom. The van der Waals surface area contributed by atoms with E-state index in [1.165, 1.54) is 6.42 Å². The molecule has 1 N–H and O–H groups in total. The molecule has 0 aliphatic heterocycles. The first-order chi connectivity index (χ1) is 11.1. The first-order valence-corrected chi connectivity index (χ1v) is 9.67. The molecule has 4 aliphatic rings. The molecule has 4 aliphatic carbocycles. The van der Waals surface area contributed by atoms with Gasteiger partial charge in [-0.25, -0.2) is 0 Å². The predicted octanol–water partition coefficient (Wildman–Crippen LogP) is 4.63. The number of rotatable bonds is 5. The third-order valence-corrected chi connectivity index (χ3v) is 6.80. The van der Waals surface area contributed by atoms with Crippen molar-refractivity contribution in [2.45, 2.75) is 90.8 Å². The number of ether oxygens (including phenoxy) is 1. The molecular weight excluding hydrogens is 300 g/mol. The highest BCUT2D eigenvalue weighted by molar-refractivity contribution is 5.76. The number of aliphatic hydroxyl groups is 1. The first-order valence-electron chi connectivity index (χ1n) is 9.67. The van der Waals surface area contributed by atoms with Crippen molar-refractivity contribution in [1.29, 1.82) is 0 Å². The molecule has 0 spiro atoms. The standard InChI is InChI=1S/C21H34O3/c1-6-19(4,5)17(7-14(2)3)18(22)24-21-11-15-8-16(12-21)10-20(23,9-15)13-21/h7,15-17,23H,6,8-13H2,1-5H3. The molecule has 0 amide bonds. The lowest BCUT2D eigenvalue weighted by Gasteiger charge is -2.59. The average Bonchev–Trinajstić information content (AvgIpc) is 2.41. The Morgan fingerprint density at radius 2 is 1.83 bits per heavy atom. The van der Waals surface area contributed by atoms with Crippen molar-refractivity contribution < 1.29 is 14.6 Å². The van der Waals surface area contributed by atoms with Gasteiger partial charge in [0.2, 0.25) is 0 Å². The van der Waals surface area contributed by atoms with Crippen LogP contribution in [0.5, 0.6) is 0 Å². The summed E-state index contributed by atoms with van der Waals surface area (Å²) in [7, 11) is 0. The zero-order chi connectivity index (χ0) is 17.8. The minimum atomic E-state index is -0.587. The van der Waals surface area contributed by atoms with Crippen LogP contribution in [0.3, 0.4) is 0 Å². The summed E-state index contributed by atoms with van der Waals surface area (Å²) in [4.78, 5) is 13.1. The summed E-state index contributed by atoms with van der Waals surface area (Å²) in [5.41, 5.74) is 0.0418. The summed E-state index contributed by atoms with van der Waals surface area (Å²) in [6.45, 7) is 10.5. The van der Waals surface area contributed by atoms with Crippen molar-refractivity contribution >= 4 is 5.97 Å². The van der Waals surface area contributed by atoms with Gasteiger partial charge >= 0.3 is 5.97 Å². The van der Waals surface area contributed by atoms with Crippen molar-refractivity contribution in [2.24, 2.45) is 23.2 Å². The van der Waals surface area contributed by atoms with Crippen LogP contribution >= 0.6 is 0 Å². The van der Waals surface area contributed by atoms with Gasteiger partial charge in [0.15, 0.2) is 0 Å². The van der Waals surface area contributed by atoms with Crippen molar-refractivity contribution in [3.63, 3.8) is 0 Å². The van der Waals surface area contributed by atoms with E-state index in [0.717, 1.165) is 37.7 Å². The maximum absolute atomic E-state index is 13.1. The van der Waals surface area contributed by atoms with E-state index in [-0.39, 0.29) is 17.3 Å². The van der Waals surface area contributed by atoms with Gasteiger partial charge in [-0.05, 0) is 69.6 Å². The Balaban J connectivity index is 1.81. The molecule has 4 saturated carbocycles. The molecule has 3 nitrogen and oxygen atoms in total. The highest BCUT2D eigenvalue weighted by Crippen LogP contribution is 2.59. The number of esters is 1. The van der Waals surface area contributed by atoms with Gasteiger partial charge < -0.3 is 9.84 Å². The molecule has 3 heteroatoms. The average molecular weight is 335 g/mol. The van der Waals surface area contributed by atoms with Crippen LogP contribution in [0.15, 0.2) is 11.6 Å². The molecule has 0 aromatic rings. The predicted molar refractivity (Wildman–Crippen MR) is 95.4 cm³/mol. The highest BCUT2D eigenvalue weighted by atomic mass is 16.6. The highest BCUT2D eigenvalue weighted by Gasteiger charge is 2.59. The quantitative estimate of drug-likeness (QED) is 0.589. The molecule has 3 unspecified atom stereocenters. The van der Waals surface area contributed by atoms with E-state index in [4.69, 9.17) is 4.74 Å². The summed E-state index contributed by atoms with van der Waals surface area (Å²) in [5, 5.41) is 10.9. The number of hydrogen-bond acceptors (Lipinski definition) is 3. The van der Waals surface area contributed by atoms with Gasteiger partial charge in [0.1, 0.15) is 5.60 Å². The molecule has 0 saturated heterocycles. The molecule has 24 heavy (non-hydrogen) atoms. The summed E-state index contributed by atoms with van der Waals surface area (Å²) in [5.74, 6) is 0.763. The molecule has 0 heterocycles. The number of hydrogen-bond donors (Lipinski definition) is 1. The maximum atomic E-state index is 13.1. The molecule has 3 atom stereocenters. The van der Waals surface area contributed by atoms with Gasteiger partial charge in [-0.2, -0.15) is 0 Å². The molecule has 0 aromatic heterocycles. The summed E-state index contributed by atoms with van der Waals surface area (Å²) >= 11 is 0. The summed E-state index contributed by atoms with van der Waals surface area (Å²) in [6.07, 6.45) is 8.56. The van der Waals surface area contributed by atoms with Crippen LogP contribution in [0, 0.1) is 23.2 Å². The minimum Gasteiger partial charge on any atom is -0.458 e. The van der Waals surface area contributed by atoms with Crippen LogP contribution in [0.4, 0.5) is 0 Å². The van der Waals surface area contributed by atoms with E-state index in [0.29, 0.717) is 18.3 Å². The monoisotopic (exact) mass is 334 g/mol. The van der Waals surface area contributed by atoms with Crippen LogP contribution < -0.4 is 0 Å². The number of allylic oxidation sites excluding steroid dienone is 1. The fourth-order valence-electron chi connectivity index (χ4n) is 5.69. The smallest absolute Gasteiger partial charge is 0.313 e. The second-order valence-electron chi connectivity index (χ2n) is 9.85. The van der Waals surface area contributed by atoms with Crippen LogP contribution in [0.1, 0.15) is 79.6 Å². The maximum Gasteiger partial charge on any atom is 0.313 e. The molecule has 4 bridgehead atoms. The second kappa shape index (κ2) is 5.86. The largest absolute Gasteiger partial charge is 0.458 e. The van der Waals surface area contributed by atoms with E-state index in [2.05, 4.69) is 26.8 Å². The van der Waals surface area contributed by atoms with Gasteiger partial charge in [0.25, 0.3) is 0 Å². The van der Waals surface area contributed by atoms with Gasteiger partial charge in [-0.1, -0.05) is 32.4 Å². The van der Waals surface area contributed by atoms with Crippen LogP contribution in [-0.2, 0) is 9.53 Å². The molecule has 4 fully saturated rings. The van der Waals surface area contributed by atoms with Crippen LogP contribution in [0.25, 0.3) is 0 Å². The van der Waals surface area contributed by atoms with Crippen LogP contribution in [0.2, 0.25) is 0 Å². The summed E-state index contributed by atoms with van der Waals surface area (Å²) in [6, 6.07) is 0. The third-order valence-electron chi connectivity index (χ3n) is 6.80. The lowest BCUT2D eigenvalue weighted by molar-refractivity contribution is -0.223. The van der Waals surface area contributed by atoms with Gasteiger partial charge in [-0.15, -0.1) is 0 Å². The Morgan fingerprint density at radius 1 is 1.25 bits per heavy atom. The zero-order valence-corrected chi connectivity index (χ0v) is 16.0. The topological polar surface area (TPSA) is 46.5 Å². The molecule has 0 aromatic carbocycles. The number of carbonyl (C=O) groups is 1. The Labute approximate surface area is 146 Å². The lowest BCUT2D eigenvalue weighted by atomic mass is 9.52. The third kappa shape index (κ3) is 3.29. The number of carbonyl (C=O) groups excluding carboxylic acids is 1. The van der Waals surface area contributed by atoms with Crippen LogP contribution in [-0.4, -0.2) is 22.3 Å². The van der Waals surface area contributed by atoms with E-state index < -0.39 is 11.2 Å². The van der Waals surface area contributed by atoms with Gasteiger partial charge in [-0.3, -0.25) is 4.79 Å². The second-order valence-corrected chi connectivity index (χ2v) is 9.85. The Bertz CT molecular complexity index is 527. The fraction of sp³-hybridized carbons (Fsp3) is 0.857. The minimum absolute atomic E-state index is 0.0893. The first kappa shape index (κ1) is 18.0. The van der Waals surface area contributed by atoms with Gasteiger partial charge in [0, 0.05) is 6.42 Å². The Hall–Kier alpha value is -0.830. The molecule has 136 valence electrons. The normalized spacial score (nSPS) is 38.8. The lowest BCUT2D eigenvalue weighted by Crippen LogP contribution is -2.60. The summed E-state index contributed by atoms with van der Waals surface area (Å²) < 4.78 is 6.22. The SMILES string of the molecule is CCC(C)(C)C(C=C(C)C)C(=O)OC12CC3CC(CC(O)(C3)C1)C2. The Kier molecular flexibility index (Phi) is 4.39. The van der Waals surface area contributed by atoms with E-state index >= 15 is 0 Å². The molecular formula is C21H34O3. The molecule has 4 rings (SSSR count). The van der Waals surface area contributed by atoms with E-state index in [1.807, 2.05) is 13.8 Å². The van der Waals surface area contributed by atoms with E-state index in [9.17, 15) is 9.90 Å². The van der Waals surface area contributed by atoms with Gasteiger partial charge in [0.05, 0.1) is 11.5 Å².